The summed E-state index contributed by atoms with van der Waals surface area (Å²) in [5.74, 6) is 1.40. The third-order valence-corrected chi connectivity index (χ3v) is 4.44. The smallest absolute Gasteiger partial charge is 0.118 e. The zero-order valence-corrected chi connectivity index (χ0v) is 12.7. The number of piperidine rings is 1. The molecule has 0 aliphatic carbocycles. The van der Waals surface area contributed by atoms with E-state index in [1.807, 2.05) is 12.1 Å². The number of ether oxygens (including phenoxy) is 1. The van der Waals surface area contributed by atoms with Gasteiger partial charge in [-0.2, -0.15) is 0 Å². The largest absolute Gasteiger partial charge is 0.497 e. The maximum absolute atomic E-state index is 9.31. The van der Waals surface area contributed by atoms with Gasteiger partial charge < -0.3 is 14.7 Å². The quantitative estimate of drug-likeness (QED) is 0.868. The minimum absolute atomic E-state index is 0.335. The molecule has 3 heteroatoms. The molecule has 1 aromatic carbocycles. The summed E-state index contributed by atoms with van der Waals surface area (Å²) < 4.78 is 5.18. The minimum atomic E-state index is 0.335. The maximum Gasteiger partial charge on any atom is 0.118 e. The number of aliphatic hydroxyl groups is 1. The number of likely N-dealkylation sites (tertiary alicyclic amines) is 1. The SMILES string of the molecule is COc1ccc(CC[C@@H](C)N2CCC[C@H](CO)C2)cc1. The van der Waals surface area contributed by atoms with E-state index in [1.54, 1.807) is 7.11 Å². The van der Waals surface area contributed by atoms with E-state index in [9.17, 15) is 5.11 Å². The predicted octanol–water partition coefficient (Wildman–Crippen LogP) is 2.72. The van der Waals surface area contributed by atoms with Crippen molar-refractivity contribution < 1.29 is 9.84 Å². The Morgan fingerprint density at radius 1 is 1.35 bits per heavy atom. The molecule has 0 unspecified atom stereocenters. The van der Waals surface area contributed by atoms with Crippen molar-refractivity contribution in [1.29, 1.82) is 0 Å². The van der Waals surface area contributed by atoms with Crippen molar-refractivity contribution in [2.24, 2.45) is 5.92 Å². The Morgan fingerprint density at radius 2 is 2.10 bits per heavy atom. The summed E-state index contributed by atoms with van der Waals surface area (Å²) in [6, 6.07) is 8.95. The molecule has 2 atom stereocenters. The number of benzene rings is 1. The second-order valence-corrected chi connectivity index (χ2v) is 5.92. The summed E-state index contributed by atoms with van der Waals surface area (Å²) in [5.41, 5.74) is 1.37. The molecule has 1 aromatic rings. The number of rotatable bonds is 6. The number of aryl methyl sites for hydroxylation is 1. The highest BCUT2D eigenvalue weighted by atomic mass is 16.5. The second kappa shape index (κ2) is 7.65. The predicted molar refractivity (Wildman–Crippen MR) is 82.2 cm³/mol. The third kappa shape index (κ3) is 4.22. The molecule has 0 bridgehead atoms. The van der Waals surface area contributed by atoms with Gasteiger partial charge in [-0.3, -0.25) is 0 Å². The van der Waals surface area contributed by atoms with Crippen LogP contribution in [0.2, 0.25) is 0 Å². The summed E-state index contributed by atoms with van der Waals surface area (Å²) in [5, 5.41) is 9.31. The minimum Gasteiger partial charge on any atom is -0.497 e. The molecule has 20 heavy (non-hydrogen) atoms. The van der Waals surface area contributed by atoms with Gasteiger partial charge in [0.2, 0.25) is 0 Å². The van der Waals surface area contributed by atoms with Crippen LogP contribution in [-0.2, 0) is 6.42 Å². The van der Waals surface area contributed by atoms with Crippen LogP contribution in [0.15, 0.2) is 24.3 Å². The topological polar surface area (TPSA) is 32.7 Å². The molecule has 0 spiro atoms. The maximum atomic E-state index is 9.31. The van der Waals surface area contributed by atoms with Crippen LogP contribution in [0.5, 0.6) is 5.75 Å². The van der Waals surface area contributed by atoms with Gasteiger partial charge in [0.15, 0.2) is 0 Å². The van der Waals surface area contributed by atoms with Gasteiger partial charge in [-0.15, -0.1) is 0 Å². The molecule has 3 nitrogen and oxygen atoms in total. The molecule has 0 amide bonds. The third-order valence-electron chi connectivity index (χ3n) is 4.44. The van der Waals surface area contributed by atoms with Gasteiger partial charge in [0.05, 0.1) is 7.11 Å². The zero-order valence-electron chi connectivity index (χ0n) is 12.7. The molecule has 0 saturated carbocycles. The second-order valence-electron chi connectivity index (χ2n) is 5.92. The van der Waals surface area contributed by atoms with Crippen LogP contribution in [0, 0.1) is 5.92 Å². The molecule has 1 N–H and O–H groups in total. The van der Waals surface area contributed by atoms with Crippen molar-refractivity contribution in [2.45, 2.75) is 38.6 Å². The van der Waals surface area contributed by atoms with Crippen LogP contribution >= 0.6 is 0 Å². The van der Waals surface area contributed by atoms with Gasteiger partial charge >= 0.3 is 0 Å². The Bertz CT molecular complexity index is 390. The average Bonchev–Trinajstić information content (AvgIpc) is 2.53. The lowest BCUT2D eigenvalue weighted by atomic mass is 9.96. The number of hydrogen-bond donors (Lipinski definition) is 1. The first-order chi connectivity index (χ1) is 9.72. The molecule has 1 aliphatic heterocycles. The molecule has 2 rings (SSSR count). The summed E-state index contributed by atoms with van der Waals surface area (Å²) in [6.07, 6.45) is 4.67. The van der Waals surface area contributed by atoms with Gasteiger partial charge in [0, 0.05) is 19.2 Å². The molecule has 0 aromatic heterocycles. The highest BCUT2D eigenvalue weighted by molar-refractivity contribution is 5.27. The lowest BCUT2D eigenvalue weighted by Gasteiger charge is -2.36. The van der Waals surface area contributed by atoms with Crippen molar-refractivity contribution in [3.8, 4) is 5.75 Å². The van der Waals surface area contributed by atoms with Crippen LogP contribution in [0.25, 0.3) is 0 Å². The molecule has 1 aliphatic rings. The van der Waals surface area contributed by atoms with Crippen LogP contribution in [0.4, 0.5) is 0 Å². The molecular formula is C17H27NO2. The van der Waals surface area contributed by atoms with Crippen LogP contribution in [0.1, 0.15) is 31.7 Å². The first kappa shape index (κ1) is 15.3. The van der Waals surface area contributed by atoms with Gasteiger partial charge in [0.1, 0.15) is 5.75 Å². The van der Waals surface area contributed by atoms with E-state index in [2.05, 4.69) is 24.0 Å². The Hall–Kier alpha value is -1.06. The Labute approximate surface area is 122 Å². The lowest BCUT2D eigenvalue weighted by Crippen LogP contribution is -2.42. The van der Waals surface area contributed by atoms with Gasteiger partial charge in [-0.25, -0.2) is 0 Å². The number of methoxy groups -OCH3 is 1. The fourth-order valence-electron chi connectivity index (χ4n) is 3.00. The fraction of sp³-hybridized carbons (Fsp3) is 0.647. The van der Waals surface area contributed by atoms with E-state index in [0.29, 0.717) is 18.6 Å². The number of hydrogen-bond acceptors (Lipinski definition) is 3. The summed E-state index contributed by atoms with van der Waals surface area (Å²) in [6.45, 7) is 4.88. The van der Waals surface area contributed by atoms with Crippen molar-refractivity contribution >= 4 is 0 Å². The standard InChI is InChI=1S/C17H27NO2/c1-14(18-11-3-4-16(12-18)13-19)5-6-15-7-9-17(20-2)10-8-15/h7-10,14,16,19H,3-6,11-13H2,1-2H3/t14-,16+/m1/s1. The van der Waals surface area contributed by atoms with E-state index in [4.69, 9.17) is 4.74 Å². The van der Waals surface area contributed by atoms with Crippen molar-refractivity contribution in [1.82, 2.24) is 4.90 Å². The molecule has 0 radical (unpaired) electrons. The molecular weight excluding hydrogens is 250 g/mol. The van der Waals surface area contributed by atoms with Gasteiger partial charge in [-0.05, 0) is 62.8 Å². The van der Waals surface area contributed by atoms with E-state index in [0.717, 1.165) is 18.7 Å². The Kier molecular flexibility index (Phi) is 5.86. The Balaban J connectivity index is 1.80. The van der Waals surface area contributed by atoms with Crippen molar-refractivity contribution in [3.05, 3.63) is 29.8 Å². The fourth-order valence-corrected chi connectivity index (χ4v) is 3.00. The molecule has 1 heterocycles. The van der Waals surface area contributed by atoms with E-state index in [-0.39, 0.29) is 0 Å². The van der Waals surface area contributed by atoms with Crippen molar-refractivity contribution in [3.63, 3.8) is 0 Å². The summed E-state index contributed by atoms with van der Waals surface area (Å²) in [7, 11) is 1.70. The highest BCUT2D eigenvalue weighted by Crippen LogP contribution is 2.20. The van der Waals surface area contributed by atoms with Gasteiger partial charge in [-0.1, -0.05) is 12.1 Å². The molecule has 1 fully saturated rings. The first-order valence-electron chi connectivity index (χ1n) is 7.70. The van der Waals surface area contributed by atoms with E-state index in [1.165, 1.54) is 31.4 Å². The lowest BCUT2D eigenvalue weighted by molar-refractivity contribution is 0.0906. The normalized spacial score (nSPS) is 21.6. The monoisotopic (exact) mass is 277 g/mol. The molecule has 1 saturated heterocycles. The van der Waals surface area contributed by atoms with Crippen LogP contribution < -0.4 is 4.74 Å². The first-order valence-corrected chi connectivity index (χ1v) is 7.70. The van der Waals surface area contributed by atoms with E-state index >= 15 is 0 Å². The average molecular weight is 277 g/mol. The number of aliphatic hydroxyl groups excluding tert-OH is 1. The van der Waals surface area contributed by atoms with Crippen LogP contribution in [0.3, 0.4) is 0 Å². The van der Waals surface area contributed by atoms with E-state index < -0.39 is 0 Å². The zero-order chi connectivity index (χ0) is 14.4. The van der Waals surface area contributed by atoms with Crippen molar-refractivity contribution in [2.75, 3.05) is 26.8 Å². The van der Waals surface area contributed by atoms with Crippen LogP contribution in [-0.4, -0.2) is 42.9 Å². The number of nitrogens with zero attached hydrogens (tertiary/aromatic N) is 1. The van der Waals surface area contributed by atoms with Gasteiger partial charge in [0.25, 0.3) is 0 Å². The summed E-state index contributed by atoms with van der Waals surface area (Å²) in [4.78, 5) is 2.54. The summed E-state index contributed by atoms with van der Waals surface area (Å²) >= 11 is 0. The Morgan fingerprint density at radius 3 is 2.75 bits per heavy atom. The highest BCUT2D eigenvalue weighted by Gasteiger charge is 2.22. The molecule has 112 valence electrons.